The van der Waals surface area contributed by atoms with Gasteiger partial charge in [-0.05, 0) is 45.7 Å². The lowest BCUT2D eigenvalue weighted by atomic mass is 9.97. The molecular formula is C26H34F2N7O7P. The fourth-order valence-electron chi connectivity index (χ4n) is 4.51. The Hall–Kier alpha value is -3.43. The predicted molar refractivity (Wildman–Crippen MR) is 151 cm³/mol. The highest BCUT2D eigenvalue weighted by Crippen LogP contribution is 2.48. The minimum atomic E-state index is -4.39. The van der Waals surface area contributed by atoms with E-state index in [1.807, 2.05) is 0 Å². The van der Waals surface area contributed by atoms with E-state index in [1.165, 1.54) is 25.4 Å². The number of esters is 1. The number of aliphatic hydroxyl groups excluding tert-OH is 1. The Morgan fingerprint density at radius 3 is 2.65 bits per heavy atom. The lowest BCUT2D eigenvalue weighted by Gasteiger charge is -2.26. The van der Waals surface area contributed by atoms with Crippen LogP contribution in [0, 0.1) is 0 Å². The standard InChI is InChI=1S/C26H34F2N7O7P/c1-14(2)40-23(37)15(3)34-43(38,42-17-7-5-4-6-8-17)39-11-18-20(36)26(28,12-27)24(41-18)35-13-30-19-21(31-16-9-10-16)32-25(29)33-22(19)35/h4-8,13-16,18,20,24,36H,9-12H2,1-3H3,(H,34,38)(H3,29,31,32,33)/t15-,18-,20-,24-,26-,43?/m1/s1. The zero-order chi connectivity index (χ0) is 30.9. The average molecular weight is 626 g/mol. The molecule has 1 aromatic carbocycles. The summed E-state index contributed by atoms with van der Waals surface area (Å²) < 4.78 is 67.4. The van der Waals surface area contributed by atoms with Crippen molar-refractivity contribution in [3.63, 3.8) is 0 Å². The van der Waals surface area contributed by atoms with Crippen LogP contribution in [0.3, 0.4) is 0 Å². The number of nitrogen functional groups attached to an aromatic ring is 1. The SMILES string of the molecule is CC(C)OC(=O)[C@@H](C)NP(=O)(OC[C@H]1O[C@@H](n2cnc3c(NC4CC4)nc(N)nc32)[C@@](F)(CF)[C@@H]1O)Oc1ccccc1. The smallest absolute Gasteiger partial charge is 0.459 e. The normalized spacial score (nSPS) is 25.9. The second kappa shape index (κ2) is 12.3. The molecule has 3 aromatic rings. The first-order valence-corrected chi connectivity index (χ1v) is 15.3. The first kappa shape index (κ1) is 31.0. The first-order valence-electron chi connectivity index (χ1n) is 13.7. The van der Waals surface area contributed by atoms with Gasteiger partial charge in [0.25, 0.3) is 0 Å². The fraction of sp³-hybridized carbons (Fsp3) is 0.538. The summed E-state index contributed by atoms with van der Waals surface area (Å²) >= 11 is 0. The Labute approximate surface area is 245 Å². The summed E-state index contributed by atoms with van der Waals surface area (Å²) in [6.07, 6.45) is -2.73. The minimum absolute atomic E-state index is 0.0575. The van der Waals surface area contributed by atoms with Crippen molar-refractivity contribution in [3.8, 4) is 5.75 Å². The van der Waals surface area contributed by atoms with Crippen molar-refractivity contribution in [2.24, 2.45) is 0 Å². The van der Waals surface area contributed by atoms with Gasteiger partial charge in [0, 0.05) is 6.04 Å². The topological polar surface area (TPSA) is 185 Å². The Balaban J connectivity index is 1.38. The summed E-state index contributed by atoms with van der Waals surface area (Å²) in [7, 11) is -4.39. The number of aliphatic hydroxyl groups is 1. The number of para-hydroxylation sites is 1. The monoisotopic (exact) mass is 625 g/mol. The second-order valence-electron chi connectivity index (χ2n) is 10.7. The molecule has 43 heavy (non-hydrogen) atoms. The van der Waals surface area contributed by atoms with Crippen LogP contribution in [-0.4, -0.2) is 79.9 Å². The number of anilines is 2. The number of nitrogens with one attached hydrogen (secondary N) is 2. The van der Waals surface area contributed by atoms with Crippen molar-refractivity contribution >= 4 is 36.6 Å². The van der Waals surface area contributed by atoms with Crippen LogP contribution in [0.15, 0.2) is 36.7 Å². The third kappa shape index (κ3) is 6.73. The number of alkyl halides is 2. The Kier molecular flexibility index (Phi) is 8.86. The molecule has 1 unspecified atom stereocenters. The summed E-state index contributed by atoms with van der Waals surface area (Å²) in [6, 6.07) is 7.01. The highest BCUT2D eigenvalue weighted by Gasteiger charge is 2.59. The molecule has 0 bridgehead atoms. The van der Waals surface area contributed by atoms with Gasteiger partial charge in [-0.25, -0.2) is 18.3 Å². The van der Waals surface area contributed by atoms with Crippen LogP contribution in [-0.2, 0) is 23.4 Å². The third-order valence-electron chi connectivity index (χ3n) is 6.81. The van der Waals surface area contributed by atoms with Gasteiger partial charge in [-0.15, -0.1) is 0 Å². The third-order valence-corrected chi connectivity index (χ3v) is 8.45. The van der Waals surface area contributed by atoms with Gasteiger partial charge < -0.3 is 30.2 Å². The van der Waals surface area contributed by atoms with E-state index in [4.69, 9.17) is 24.3 Å². The molecule has 1 saturated heterocycles. The minimum Gasteiger partial charge on any atom is -0.462 e. The summed E-state index contributed by atoms with van der Waals surface area (Å²) in [6.45, 7) is 2.34. The molecule has 234 valence electrons. The molecule has 0 radical (unpaired) electrons. The Morgan fingerprint density at radius 2 is 2.00 bits per heavy atom. The van der Waals surface area contributed by atoms with Gasteiger partial charge in [0.1, 0.15) is 30.7 Å². The van der Waals surface area contributed by atoms with Crippen molar-refractivity contribution in [2.75, 3.05) is 24.3 Å². The van der Waals surface area contributed by atoms with Gasteiger partial charge in [0.2, 0.25) is 11.6 Å². The highest BCUT2D eigenvalue weighted by atomic mass is 31.2. The van der Waals surface area contributed by atoms with Crippen LogP contribution in [0.25, 0.3) is 11.2 Å². The maximum absolute atomic E-state index is 16.1. The highest BCUT2D eigenvalue weighted by molar-refractivity contribution is 7.52. The molecule has 3 heterocycles. The summed E-state index contributed by atoms with van der Waals surface area (Å²) in [4.78, 5) is 25.0. The van der Waals surface area contributed by atoms with E-state index < -0.39 is 63.2 Å². The van der Waals surface area contributed by atoms with Crippen molar-refractivity contribution in [3.05, 3.63) is 36.7 Å². The van der Waals surface area contributed by atoms with E-state index in [0.29, 0.717) is 5.82 Å². The number of nitrogens with two attached hydrogens (primary N) is 1. The molecule has 1 aliphatic carbocycles. The van der Waals surface area contributed by atoms with Crippen LogP contribution in [0.1, 0.15) is 39.8 Å². The number of hydrogen-bond acceptors (Lipinski definition) is 12. The van der Waals surface area contributed by atoms with Gasteiger partial charge in [-0.2, -0.15) is 15.1 Å². The number of hydrogen-bond donors (Lipinski definition) is 4. The maximum Gasteiger partial charge on any atom is 0.459 e. The first-order chi connectivity index (χ1) is 20.4. The molecule has 1 saturated carbocycles. The molecule has 5 rings (SSSR count). The zero-order valence-electron chi connectivity index (χ0n) is 23.7. The number of benzene rings is 1. The van der Waals surface area contributed by atoms with Gasteiger partial charge >= 0.3 is 13.7 Å². The average Bonchev–Trinajstić information content (AvgIpc) is 3.62. The van der Waals surface area contributed by atoms with Crippen LogP contribution in [0.4, 0.5) is 20.5 Å². The van der Waals surface area contributed by atoms with Gasteiger partial charge in [0.15, 0.2) is 23.2 Å². The number of carbonyl (C=O) groups is 1. The molecule has 0 amide bonds. The fourth-order valence-corrected chi connectivity index (χ4v) is 6.02. The number of carbonyl (C=O) groups excluding carboxylic acids is 1. The van der Waals surface area contributed by atoms with E-state index in [0.717, 1.165) is 17.4 Å². The molecule has 2 aromatic heterocycles. The number of imidazole rings is 1. The van der Waals surface area contributed by atoms with Crippen LogP contribution < -0.4 is 20.7 Å². The van der Waals surface area contributed by atoms with Crippen LogP contribution in [0.2, 0.25) is 0 Å². The molecule has 2 aliphatic rings. The van der Waals surface area contributed by atoms with E-state index in [-0.39, 0.29) is 28.9 Å². The number of nitrogens with zero attached hydrogens (tertiary/aromatic N) is 4. The van der Waals surface area contributed by atoms with Gasteiger partial charge in [-0.3, -0.25) is 13.9 Å². The number of ether oxygens (including phenoxy) is 2. The van der Waals surface area contributed by atoms with Crippen molar-refractivity contribution in [1.82, 2.24) is 24.6 Å². The van der Waals surface area contributed by atoms with Crippen LogP contribution in [0.5, 0.6) is 5.75 Å². The summed E-state index contributed by atoms with van der Waals surface area (Å²) in [5, 5.41) is 16.6. The van der Waals surface area contributed by atoms with Crippen molar-refractivity contribution in [2.45, 2.75) is 75.9 Å². The van der Waals surface area contributed by atoms with Crippen LogP contribution >= 0.6 is 7.75 Å². The number of rotatable bonds is 13. The number of halogens is 2. The quantitative estimate of drug-likeness (QED) is 0.161. The molecule has 5 N–H and O–H groups in total. The second-order valence-corrected chi connectivity index (χ2v) is 12.4. The maximum atomic E-state index is 16.1. The summed E-state index contributed by atoms with van der Waals surface area (Å²) in [5.41, 5.74) is 3.22. The Bertz CT molecular complexity index is 1500. The zero-order valence-corrected chi connectivity index (χ0v) is 24.6. The Morgan fingerprint density at radius 1 is 1.28 bits per heavy atom. The van der Waals surface area contributed by atoms with E-state index in [2.05, 4.69) is 25.4 Å². The molecule has 2 fully saturated rings. The molecule has 6 atom stereocenters. The van der Waals surface area contributed by atoms with Gasteiger partial charge in [-0.1, -0.05) is 18.2 Å². The lowest BCUT2D eigenvalue weighted by molar-refractivity contribution is -0.149. The van der Waals surface area contributed by atoms with Gasteiger partial charge in [0.05, 0.1) is 19.0 Å². The number of fused-ring (bicyclic) bond motifs is 1. The summed E-state index contributed by atoms with van der Waals surface area (Å²) in [5.74, 6) is -0.385. The predicted octanol–water partition coefficient (Wildman–Crippen LogP) is 3.05. The van der Waals surface area contributed by atoms with E-state index in [9.17, 15) is 18.9 Å². The largest absolute Gasteiger partial charge is 0.462 e. The molecule has 1 aliphatic heterocycles. The molecule has 0 spiro atoms. The molecule has 14 nitrogen and oxygen atoms in total. The van der Waals surface area contributed by atoms with Crippen molar-refractivity contribution < 1.29 is 41.8 Å². The molecule has 17 heteroatoms. The van der Waals surface area contributed by atoms with E-state index in [1.54, 1.807) is 32.0 Å². The lowest BCUT2D eigenvalue weighted by Crippen LogP contribution is -2.45. The van der Waals surface area contributed by atoms with Crippen molar-refractivity contribution in [1.29, 1.82) is 0 Å². The number of aromatic nitrogens is 4. The van der Waals surface area contributed by atoms with E-state index >= 15 is 4.39 Å². The molecular weight excluding hydrogens is 591 g/mol.